The molecule has 127 valence electrons. The first-order valence-electron chi connectivity index (χ1n) is 5.75. The molecule has 0 amide bonds. The van der Waals surface area contributed by atoms with E-state index in [0.29, 0.717) is 0 Å². The topological polar surface area (TPSA) is 20.2 Å². The second-order valence-electron chi connectivity index (χ2n) is 4.25. The van der Waals surface area contributed by atoms with Gasteiger partial charge in [0.2, 0.25) is 11.6 Å². The first kappa shape index (κ1) is 18.4. The van der Waals surface area contributed by atoms with Gasteiger partial charge in [0, 0.05) is 5.30 Å². The maximum atomic E-state index is 13.5. The van der Waals surface area contributed by atoms with Crippen molar-refractivity contribution >= 4 is 26.2 Å². The number of rotatable bonds is 3. The lowest BCUT2D eigenvalue weighted by Crippen LogP contribution is -2.27. The van der Waals surface area contributed by atoms with Crippen LogP contribution < -0.4 is 10.8 Å². The normalized spacial score (nSPS) is 11.5. The van der Waals surface area contributed by atoms with Gasteiger partial charge in [-0.2, -0.15) is 4.39 Å². The van der Waals surface area contributed by atoms with Crippen LogP contribution in [0.4, 0.5) is 39.5 Å². The van der Waals surface area contributed by atoms with Crippen molar-refractivity contribution < 1.29 is 44.6 Å². The summed E-state index contributed by atoms with van der Waals surface area (Å²) in [7, 11) is -1.48. The molecule has 0 aliphatic heterocycles. The lowest BCUT2D eigenvalue weighted by molar-refractivity contribution is 0.371. The standard InChI is InChI=1S/C12H2BF9OP/c14-2-1(3(15)5(17)6(18)4(2)16)13-24-12-10(22)8(20)7(19)9(21)11(12)23/h23-24H. The van der Waals surface area contributed by atoms with Crippen LogP contribution >= 0.6 is 8.46 Å². The third-order valence-corrected chi connectivity index (χ3v) is 4.02. The lowest BCUT2D eigenvalue weighted by Gasteiger charge is -2.10. The van der Waals surface area contributed by atoms with Crippen molar-refractivity contribution in [2.45, 2.75) is 0 Å². The zero-order chi connectivity index (χ0) is 18.3. The second kappa shape index (κ2) is 6.54. The van der Waals surface area contributed by atoms with E-state index >= 15 is 0 Å². The van der Waals surface area contributed by atoms with Crippen molar-refractivity contribution in [3.05, 3.63) is 52.4 Å². The van der Waals surface area contributed by atoms with Crippen molar-refractivity contribution in [2.24, 2.45) is 0 Å². The summed E-state index contributed by atoms with van der Waals surface area (Å²) in [6, 6.07) is 0. The van der Waals surface area contributed by atoms with Crippen molar-refractivity contribution in [3.8, 4) is 5.75 Å². The van der Waals surface area contributed by atoms with Crippen LogP contribution in [0.15, 0.2) is 0 Å². The van der Waals surface area contributed by atoms with Gasteiger partial charge in [0.15, 0.2) is 53.5 Å². The Morgan fingerprint density at radius 1 is 0.542 bits per heavy atom. The van der Waals surface area contributed by atoms with E-state index in [1.807, 2.05) is 0 Å². The van der Waals surface area contributed by atoms with E-state index in [1.54, 1.807) is 0 Å². The van der Waals surface area contributed by atoms with Gasteiger partial charge >= 0.3 is 0 Å². The molecule has 2 rings (SSSR count). The van der Waals surface area contributed by atoms with Gasteiger partial charge in [-0.25, -0.2) is 35.1 Å². The largest absolute Gasteiger partial charge is 0.504 e. The Labute approximate surface area is 130 Å². The highest BCUT2D eigenvalue weighted by Crippen LogP contribution is 2.28. The Balaban J connectivity index is 2.48. The van der Waals surface area contributed by atoms with Crippen LogP contribution in [0.5, 0.6) is 5.75 Å². The third kappa shape index (κ3) is 2.81. The summed E-state index contributed by atoms with van der Waals surface area (Å²) in [5.74, 6) is -22.1. The molecular formula is C12H2BF9OP. The zero-order valence-corrected chi connectivity index (χ0v) is 11.9. The molecule has 1 unspecified atom stereocenters. The number of phenolic OH excluding ortho intramolecular Hbond substituents is 1. The Bertz CT molecular complexity index is 715. The van der Waals surface area contributed by atoms with Gasteiger partial charge < -0.3 is 5.11 Å². The average molecular weight is 375 g/mol. The first-order chi connectivity index (χ1) is 11.1. The van der Waals surface area contributed by atoms with Crippen LogP contribution in [0, 0.1) is 52.4 Å². The molecule has 2 aromatic carbocycles. The fourth-order valence-corrected chi connectivity index (χ4v) is 2.67. The molecule has 0 saturated carbocycles. The Hall–Kier alpha value is -1.90. The molecule has 0 heterocycles. The Kier molecular flexibility index (Phi) is 5.03. The van der Waals surface area contributed by atoms with E-state index < -0.39 is 77.3 Å². The van der Waals surface area contributed by atoms with Gasteiger partial charge in [-0.3, -0.25) is 0 Å². The lowest BCUT2D eigenvalue weighted by atomic mass is 9.92. The summed E-state index contributed by atoms with van der Waals surface area (Å²) in [4.78, 5) is 0. The molecule has 0 fully saturated rings. The fourth-order valence-electron chi connectivity index (χ4n) is 1.64. The number of hydrogen-bond acceptors (Lipinski definition) is 1. The predicted molar refractivity (Wildman–Crippen MR) is 67.5 cm³/mol. The first-order valence-corrected chi connectivity index (χ1v) is 6.83. The van der Waals surface area contributed by atoms with E-state index in [4.69, 9.17) is 0 Å². The summed E-state index contributed by atoms with van der Waals surface area (Å²) in [6.45, 7) is 0.227. The third-order valence-electron chi connectivity index (χ3n) is 2.85. The van der Waals surface area contributed by atoms with Crippen molar-refractivity contribution in [1.82, 2.24) is 0 Å². The molecule has 2 aromatic rings. The molecule has 1 nitrogen and oxygen atoms in total. The molecule has 12 heteroatoms. The highest BCUT2D eigenvalue weighted by molar-refractivity contribution is 7.79. The summed E-state index contributed by atoms with van der Waals surface area (Å²) in [6.07, 6.45) is 0. The summed E-state index contributed by atoms with van der Waals surface area (Å²) >= 11 is 0. The van der Waals surface area contributed by atoms with Gasteiger partial charge in [0.25, 0.3) is 0 Å². The maximum absolute atomic E-state index is 13.5. The number of hydrogen-bond donors (Lipinski definition) is 1. The quantitative estimate of drug-likeness (QED) is 0.288. The number of phenols is 1. The van der Waals surface area contributed by atoms with Gasteiger partial charge in [0.1, 0.15) is 0 Å². The van der Waals surface area contributed by atoms with Crippen LogP contribution in [0.3, 0.4) is 0 Å². The van der Waals surface area contributed by atoms with E-state index in [9.17, 15) is 44.6 Å². The van der Waals surface area contributed by atoms with Gasteiger partial charge in [-0.05, 0) is 5.46 Å². The molecule has 0 spiro atoms. The fraction of sp³-hybridized carbons (Fsp3) is 0. The molecule has 1 N–H and O–H groups in total. The highest BCUT2D eigenvalue weighted by atomic mass is 31.1. The Morgan fingerprint density at radius 3 is 1.42 bits per heavy atom. The van der Waals surface area contributed by atoms with Crippen LogP contribution in [0.25, 0.3) is 0 Å². The predicted octanol–water partition coefficient (Wildman–Crippen LogP) is 2.89. The molecule has 0 bridgehead atoms. The molecule has 1 atom stereocenters. The molecule has 0 saturated heterocycles. The minimum absolute atomic E-state index is 0.227. The smallest absolute Gasteiger partial charge is 0.204 e. The van der Waals surface area contributed by atoms with Gasteiger partial charge in [-0.1, -0.05) is 0 Å². The van der Waals surface area contributed by atoms with Crippen molar-refractivity contribution in [3.63, 3.8) is 0 Å². The van der Waals surface area contributed by atoms with E-state index in [1.165, 1.54) is 0 Å². The van der Waals surface area contributed by atoms with Crippen LogP contribution in [-0.2, 0) is 0 Å². The van der Waals surface area contributed by atoms with E-state index in [2.05, 4.69) is 0 Å². The molecule has 0 aliphatic rings. The number of halogens is 9. The minimum Gasteiger partial charge on any atom is -0.504 e. The maximum Gasteiger partial charge on any atom is 0.204 e. The Morgan fingerprint density at radius 2 is 0.917 bits per heavy atom. The number of benzene rings is 2. The minimum atomic E-state index is -2.43. The summed E-state index contributed by atoms with van der Waals surface area (Å²) in [5.41, 5.74) is -1.49. The SMILES string of the molecule is Oc1c(F)c(F)c(F)c(F)c1P[B]c1c(F)c(F)c(F)c(F)c1F. The zero-order valence-electron chi connectivity index (χ0n) is 10.9. The molecule has 0 aromatic heterocycles. The van der Waals surface area contributed by atoms with Gasteiger partial charge in [-0.15, -0.1) is 8.46 Å². The monoisotopic (exact) mass is 375 g/mol. The molecule has 24 heavy (non-hydrogen) atoms. The van der Waals surface area contributed by atoms with Crippen LogP contribution in [0.2, 0.25) is 0 Å². The molecule has 1 radical (unpaired) electrons. The molecular weight excluding hydrogens is 373 g/mol. The van der Waals surface area contributed by atoms with E-state index in [-0.39, 0.29) is 7.00 Å². The second-order valence-corrected chi connectivity index (χ2v) is 5.33. The number of aromatic hydroxyl groups is 1. The summed E-state index contributed by atoms with van der Waals surface area (Å²) < 4.78 is 118. The van der Waals surface area contributed by atoms with E-state index in [0.717, 1.165) is 0 Å². The van der Waals surface area contributed by atoms with Crippen molar-refractivity contribution in [1.29, 1.82) is 0 Å². The van der Waals surface area contributed by atoms with Crippen LogP contribution in [0.1, 0.15) is 0 Å². The van der Waals surface area contributed by atoms with Crippen molar-refractivity contribution in [2.75, 3.05) is 0 Å². The molecule has 0 aliphatic carbocycles. The van der Waals surface area contributed by atoms with Gasteiger partial charge in [0.05, 0.1) is 0 Å². The average Bonchev–Trinajstić information content (AvgIpc) is 2.57. The highest BCUT2D eigenvalue weighted by Gasteiger charge is 2.28. The summed E-state index contributed by atoms with van der Waals surface area (Å²) in [5, 5.41) is 7.98. The van der Waals surface area contributed by atoms with Crippen LogP contribution in [-0.4, -0.2) is 12.1 Å².